The molecule has 0 aliphatic carbocycles. The van der Waals surface area contributed by atoms with Crippen LogP contribution in [-0.4, -0.2) is 20.1 Å². The first-order valence-corrected chi connectivity index (χ1v) is 6.57. The molecule has 0 radical (unpaired) electrons. The lowest BCUT2D eigenvalue weighted by Gasteiger charge is -2.26. The lowest BCUT2D eigenvalue weighted by molar-refractivity contribution is 0.511. The number of anilines is 2. The number of hydrogen-bond donors (Lipinski definition) is 1. The fraction of sp³-hybridized carbons (Fsp3) is 0.571. The summed E-state index contributed by atoms with van der Waals surface area (Å²) in [6, 6.07) is 6.49. The molecule has 0 saturated heterocycles. The summed E-state index contributed by atoms with van der Waals surface area (Å²) < 4.78 is 0. The van der Waals surface area contributed by atoms with E-state index in [1.807, 2.05) is 26.2 Å². The molecule has 1 aromatic carbocycles. The van der Waals surface area contributed by atoms with E-state index in [1.165, 1.54) is 0 Å². The quantitative estimate of drug-likeness (QED) is 0.845. The van der Waals surface area contributed by atoms with Gasteiger partial charge in [-0.1, -0.05) is 38.4 Å². The number of rotatable bonds is 5. The average molecular weight is 255 g/mol. The zero-order chi connectivity index (χ0) is 13.0. The summed E-state index contributed by atoms with van der Waals surface area (Å²) in [5.74, 6) is 0.606. The molecular weight excluding hydrogens is 232 g/mol. The summed E-state index contributed by atoms with van der Waals surface area (Å²) >= 11 is 6.25. The molecule has 17 heavy (non-hydrogen) atoms. The van der Waals surface area contributed by atoms with Crippen molar-refractivity contribution in [2.45, 2.75) is 33.2 Å². The molecule has 0 spiro atoms. The van der Waals surface area contributed by atoms with E-state index in [0.29, 0.717) is 12.0 Å². The van der Waals surface area contributed by atoms with Crippen LogP contribution in [0.5, 0.6) is 0 Å². The molecule has 0 saturated carbocycles. The molecule has 0 bridgehead atoms. The number of nitrogens with zero attached hydrogens (tertiary/aromatic N) is 1. The van der Waals surface area contributed by atoms with Gasteiger partial charge in [-0.15, -0.1) is 0 Å². The van der Waals surface area contributed by atoms with Gasteiger partial charge in [-0.3, -0.25) is 0 Å². The second kappa shape index (κ2) is 6.15. The van der Waals surface area contributed by atoms with Crippen LogP contribution in [0.4, 0.5) is 11.4 Å². The van der Waals surface area contributed by atoms with Crippen LogP contribution < -0.4 is 10.2 Å². The van der Waals surface area contributed by atoms with Crippen molar-refractivity contribution in [3.05, 3.63) is 23.2 Å². The molecule has 3 heteroatoms. The van der Waals surface area contributed by atoms with Crippen LogP contribution >= 0.6 is 11.6 Å². The van der Waals surface area contributed by atoms with Crippen molar-refractivity contribution in [2.24, 2.45) is 5.92 Å². The first-order chi connectivity index (χ1) is 7.97. The third-order valence-corrected chi connectivity index (χ3v) is 3.32. The van der Waals surface area contributed by atoms with E-state index in [4.69, 9.17) is 11.6 Å². The molecule has 1 unspecified atom stereocenters. The van der Waals surface area contributed by atoms with E-state index in [0.717, 1.165) is 22.8 Å². The zero-order valence-corrected chi connectivity index (χ0v) is 12.2. The summed E-state index contributed by atoms with van der Waals surface area (Å²) in [7, 11) is 4.03. The van der Waals surface area contributed by atoms with Gasteiger partial charge in [0.15, 0.2) is 0 Å². The average Bonchev–Trinajstić information content (AvgIpc) is 2.24. The van der Waals surface area contributed by atoms with Gasteiger partial charge in [0.1, 0.15) is 0 Å². The van der Waals surface area contributed by atoms with Gasteiger partial charge in [0.25, 0.3) is 0 Å². The molecular formula is C14H23ClN2. The molecule has 2 nitrogen and oxygen atoms in total. The highest BCUT2D eigenvalue weighted by Crippen LogP contribution is 2.33. The molecule has 0 aliphatic rings. The largest absolute Gasteiger partial charge is 0.380 e. The Morgan fingerprint density at radius 2 is 1.94 bits per heavy atom. The molecule has 1 atom stereocenters. The predicted octanol–water partition coefficient (Wildman–Crippen LogP) is 4.25. The summed E-state index contributed by atoms with van der Waals surface area (Å²) in [4.78, 5) is 2.05. The summed E-state index contributed by atoms with van der Waals surface area (Å²) in [5.41, 5.74) is 2.18. The monoisotopic (exact) mass is 254 g/mol. The fourth-order valence-corrected chi connectivity index (χ4v) is 2.37. The van der Waals surface area contributed by atoms with Crippen molar-refractivity contribution in [3.8, 4) is 0 Å². The SMILES string of the molecule is CCC(Nc1cccc(Cl)c1N(C)C)C(C)C. The molecule has 1 aromatic rings. The minimum atomic E-state index is 0.479. The highest BCUT2D eigenvalue weighted by molar-refractivity contribution is 6.34. The number of hydrogen-bond acceptors (Lipinski definition) is 2. The molecule has 0 aromatic heterocycles. The van der Waals surface area contributed by atoms with Gasteiger partial charge >= 0.3 is 0 Å². The minimum absolute atomic E-state index is 0.479. The number of nitrogens with one attached hydrogen (secondary N) is 1. The molecule has 1 rings (SSSR count). The van der Waals surface area contributed by atoms with Gasteiger partial charge in [-0.25, -0.2) is 0 Å². The van der Waals surface area contributed by atoms with E-state index in [9.17, 15) is 0 Å². The van der Waals surface area contributed by atoms with E-state index in [1.54, 1.807) is 0 Å². The highest BCUT2D eigenvalue weighted by atomic mass is 35.5. The van der Waals surface area contributed by atoms with E-state index < -0.39 is 0 Å². The Hall–Kier alpha value is -0.890. The zero-order valence-electron chi connectivity index (χ0n) is 11.4. The van der Waals surface area contributed by atoms with Crippen molar-refractivity contribution in [1.29, 1.82) is 0 Å². The summed E-state index contributed by atoms with van der Waals surface area (Å²) in [5, 5.41) is 4.38. The molecule has 1 N–H and O–H groups in total. The van der Waals surface area contributed by atoms with Crippen LogP contribution in [0.15, 0.2) is 18.2 Å². The minimum Gasteiger partial charge on any atom is -0.380 e. The van der Waals surface area contributed by atoms with Crippen LogP contribution in [0, 0.1) is 5.92 Å². The first-order valence-electron chi connectivity index (χ1n) is 6.19. The summed E-state index contributed by atoms with van der Waals surface area (Å²) in [6.07, 6.45) is 1.11. The third kappa shape index (κ3) is 3.53. The smallest absolute Gasteiger partial charge is 0.0786 e. The van der Waals surface area contributed by atoms with Crippen molar-refractivity contribution in [1.82, 2.24) is 0 Å². The molecule has 0 heterocycles. The highest BCUT2D eigenvalue weighted by Gasteiger charge is 2.15. The normalized spacial score (nSPS) is 12.6. The van der Waals surface area contributed by atoms with Gasteiger partial charge < -0.3 is 10.2 Å². The third-order valence-electron chi connectivity index (χ3n) is 3.02. The second-order valence-corrected chi connectivity index (χ2v) is 5.34. The number of benzene rings is 1. The van der Waals surface area contributed by atoms with Gasteiger partial charge in [0, 0.05) is 20.1 Å². The van der Waals surface area contributed by atoms with Crippen molar-refractivity contribution in [3.63, 3.8) is 0 Å². The maximum absolute atomic E-state index is 6.25. The molecule has 0 aliphatic heterocycles. The van der Waals surface area contributed by atoms with Gasteiger partial charge in [0.2, 0.25) is 0 Å². The van der Waals surface area contributed by atoms with Crippen LogP contribution in [0.25, 0.3) is 0 Å². The molecule has 0 fully saturated rings. The maximum Gasteiger partial charge on any atom is 0.0786 e. The van der Waals surface area contributed by atoms with Gasteiger partial charge in [0.05, 0.1) is 16.4 Å². The van der Waals surface area contributed by atoms with Crippen LogP contribution in [-0.2, 0) is 0 Å². The van der Waals surface area contributed by atoms with Crippen molar-refractivity contribution >= 4 is 23.0 Å². The Morgan fingerprint density at radius 1 is 1.29 bits per heavy atom. The summed E-state index contributed by atoms with van der Waals surface area (Å²) in [6.45, 7) is 6.68. The lowest BCUT2D eigenvalue weighted by atomic mass is 10.0. The number of para-hydroxylation sites is 1. The lowest BCUT2D eigenvalue weighted by Crippen LogP contribution is -2.26. The first kappa shape index (κ1) is 14.2. The van der Waals surface area contributed by atoms with Crippen LogP contribution in [0.2, 0.25) is 5.02 Å². The molecule has 0 amide bonds. The standard InChI is InChI=1S/C14H23ClN2/c1-6-12(10(2)3)16-13-9-7-8-11(15)14(13)17(4)5/h7-10,12,16H,6H2,1-5H3. The van der Waals surface area contributed by atoms with Gasteiger partial charge in [-0.2, -0.15) is 0 Å². The van der Waals surface area contributed by atoms with Crippen LogP contribution in [0.3, 0.4) is 0 Å². The van der Waals surface area contributed by atoms with E-state index in [2.05, 4.69) is 37.1 Å². The van der Waals surface area contributed by atoms with E-state index in [-0.39, 0.29) is 0 Å². The fourth-order valence-electron chi connectivity index (χ4n) is 2.03. The Bertz CT molecular complexity index is 361. The number of halogens is 1. The topological polar surface area (TPSA) is 15.3 Å². The van der Waals surface area contributed by atoms with Crippen LogP contribution in [0.1, 0.15) is 27.2 Å². The van der Waals surface area contributed by atoms with Crippen molar-refractivity contribution in [2.75, 3.05) is 24.3 Å². The molecule has 96 valence electrons. The Morgan fingerprint density at radius 3 is 2.41 bits per heavy atom. The Labute approximate surface area is 110 Å². The Balaban J connectivity index is 3.01. The Kier molecular flexibility index (Phi) is 5.13. The van der Waals surface area contributed by atoms with Crippen molar-refractivity contribution < 1.29 is 0 Å². The van der Waals surface area contributed by atoms with E-state index >= 15 is 0 Å². The maximum atomic E-state index is 6.25. The van der Waals surface area contributed by atoms with Gasteiger partial charge in [-0.05, 0) is 24.5 Å². The predicted molar refractivity (Wildman–Crippen MR) is 78.3 cm³/mol. The second-order valence-electron chi connectivity index (χ2n) is 4.93.